The molecule has 74 valence electrons. The molecule has 0 spiro atoms. The van der Waals surface area contributed by atoms with Gasteiger partial charge in [0.25, 0.3) is 6.01 Å². The van der Waals surface area contributed by atoms with Gasteiger partial charge in [0, 0.05) is 31.4 Å². The molecule has 2 heterocycles. The first-order chi connectivity index (χ1) is 6.70. The smallest absolute Gasteiger partial charge is 0.278 e. The van der Waals surface area contributed by atoms with E-state index >= 15 is 0 Å². The van der Waals surface area contributed by atoms with Crippen molar-refractivity contribution in [1.82, 2.24) is 9.78 Å². The molecule has 0 aliphatic rings. The molecule has 0 saturated heterocycles. The number of hydrogen-bond donors (Lipinski definition) is 1. The Labute approximate surface area is 80.1 Å². The van der Waals surface area contributed by atoms with E-state index in [9.17, 15) is 4.39 Å². The summed E-state index contributed by atoms with van der Waals surface area (Å²) in [6.07, 6.45) is 1.79. The van der Waals surface area contributed by atoms with Gasteiger partial charge in [-0.2, -0.15) is 9.49 Å². The Bertz CT molecular complexity index is 447. The molecule has 0 amide bonds. The van der Waals surface area contributed by atoms with Crippen LogP contribution in [0.3, 0.4) is 0 Å². The first-order valence-electron chi connectivity index (χ1n) is 4.19. The molecule has 0 saturated carbocycles. The molecule has 14 heavy (non-hydrogen) atoms. The molecule has 0 fully saturated rings. The quantitative estimate of drug-likeness (QED) is 0.785. The predicted octanol–water partition coefficient (Wildman–Crippen LogP) is 1.28. The molecule has 0 radical (unpaired) electrons. The van der Waals surface area contributed by atoms with Gasteiger partial charge in [-0.3, -0.25) is 4.68 Å². The second-order valence-electron chi connectivity index (χ2n) is 2.98. The first kappa shape index (κ1) is 8.96. The standard InChI is InChI=1S/C9H10FN3O/c1-13-5-6(4-11)9(12-13)7-2-3-8(10)14-7/h2-3,5H,4,11H2,1H3. The van der Waals surface area contributed by atoms with Gasteiger partial charge in [-0.05, 0) is 6.07 Å². The van der Waals surface area contributed by atoms with Gasteiger partial charge in [0.05, 0.1) is 0 Å². The molecule has 4 nitrogen and oxygen atoms in total. The van der Waals surface area contributed by atoms with Gasteiger partial charge in [-0.1, -0.05) is 0 Å². The van der Waals surface area contributed by atoms with E-state index < -0.39 is 6.01 Å². The Morgan fingerprint density at radius 1 is 1.57 bits per heavy atom. The van der Waals surface area contributed by atoms with Gasteiger partial charge in [0.2, 0.25) is 0 Å². The van der Waals surface area contributed by atoms with E-state index in [-0.39, 0.29) is 0 Å². The van der Waals surface area contributed by atoms with Crippen LogP contribution in [0.4, 0.5) is 4.39 Å². The van der Waals surface area contributed by atoms with Crippen molar-refractivity contribution in [3.05, 3.63) is 29.9 Å². The molecule has 2 aromatic heterocycles. The summed E-state index contributed by atoms with van der Waals surface area (Å²) in [6.45, 7) is 0.353. The van der Waals surface area contributed by atoms with Gasteiger partial charge in [0.15, 0.2) is 5.76 Å². The predicted molar refractivity (Wildman–Crippen MR) is 48.8 cm³/mol. The molecule has 0 bridgehead atoms. The van der Waals surface area contributed by atoms with Crippen LogP contribution in [-0.2, 0) is 13.6 Å². The highest BCUT2D eigenvalue weighted by Gasteiger charge is 2.12. The zero-order chi connectivity index (χ0) is 10.1. The number of aryl methyl sites for hydroxylation is 1. The number of rotatable bonds is 2. The van der Waals surface area contributed by atoms with Crippen molar-refractivity contribution >= 4 is 0 Å². The van der Waals surface area contributed by atoms with Crippen LogP contribution in [0.15, 0.2) is 22.7 Å². The lowest BCUT2D eigenvalue weighted by Gasteiger charge is -1.93. The Hall–Kier alpha value is -1.62. The Morgan fingerprint density at radius 2 is 2.36 bits per heavy atom. The Morgan fingerprint density at radius 3 is 2.93 bits per heavy atom. The summed E-state index contributed by atoms with van der Waals surface area (Å²) in [5.74, 6) is 0.406. The maximum atomic E-state index is 12.6. The summed E-state index contributed by atoms with van der Waals surface area (Å²) in [4.78, 5) is 0. The number of hydrogen-bond acceptors (Lipinski definition) is 3. The third-order valence-corrected chi connectivity index (χ3v) is 1.93. The average Bonchev–Trinajstić information content (AvgIpc) is 2.71. The summed E-state index contributed by atoms with van der Waals surface area (Å²) >= 11 is 0. The van der Waals surface area contributed by atoms with Crippen LogP contribution in [0.2, 0.25) is 0 Å². The lowest BCUT2D eigenvalue weighted by atomic mass is 10.2. The van der Waals surface area contributed by atoms with Crippen LogP contribution in [0.5, 0.6) is 0 Å². The highest BCUT2D eigenvalue weighted by atomic mass is 19.1. The Kier molecular flexibility index (Phi) is 2.09. The Balaban J connectivity index is 2.49. The fraction of sp³-hybridized carbons (Fsp3) is 0.222. The number of nitrogens with two attached hydrogens (primary N) is 1. The van der Waals surface area contributed by atoms with Gasteiger partial charge < -0.3 is 10.2 Å². The van der Waals surface area contributed by atoms with Gasteiger partial charge >= 0.3 is 0 Å². The van der Waals surface area contributed by atoms with Crippen molar-refractivity contribution < 1.29 is 8.81 Å². The third-order valence-electron chi connectivity index (χ3n) is 1.93. The zero-order valence-corrected chi connectivity index (χ0v) is 7.70. The number of nitrogens with zero attached hydrogens (tertiary/aromatic N) is 2. The second kappa shape index (κ2) is 3.26. The van der Waals surface area contributed by atoms with Gasteiger partial charge in [0.1, 0.15) is 5.69 Å². The van der Waals surface area contributed by atoms with E-state index in [1.807, 2.05) is 0 Å². The monoisotopic (exact) mass is 195 g/mol. The lowest BCUT2D eigenvalue weighted by Crippen LogP contribution is -1.95. The third kappa shape index (κ3) is 1.42. The van der Waals surface area contributed by atoms with Crippen molar-refractivity contribution in [2.24, 2.45) is 12.8 Å². The first-order valence-corrected chi connectivity index (χ1v) is 4.19. The average molecular weight is 195 g/mol. The summed E-state index contributed by atoms with van der Waals surface area (Å²) in [5.41, 5.74) is 6.95. The van der Waals surface area contributed by atoms with E-state index in [0.717, 1.165) is 5.56 Å². The van der Waals surface area contributed by atoms with Crippen LogP contribution in [0, 0.1) is 6.01 Å². The largest absolute Gasteiger partial charge is 0.429 e. The molecule has 2 N–H and O–H groups in total. The fourth-order valence-corrected chi connectivity index (χ4v) is 1.34. The summed E-state index contributed by atoms with van der Waals surface area (Å²) in [5, 5.41) is 4.14. The van der Waals surface area contributed by atoms with Gasteiger partial charge in [-0.15, -0.1) is 0 Å². The molecule has 0 atom stereocenters. The van der Waals surface area contributed by atoms with E-state index in [1.165, 1.54) is 12.1 Å². The van der Waals surface area contributed by atoms with Crippen molar-refractivity contribution in [1.29, 1.82) is 0 Å². The van der Waals surface area contributed by atoms with E-state index in [0.29, 0.717) is 18.0 Å². The summed E-state index contributed by atoms with van der Waals surface area (Å²) in [6, 6.07) is 2.18. The molecule has 5 heteroatoms. The summed E-state index contributed by atoms with van der Waals surface area (Å²) in [7, 11) is 1.78. The highest BCUT2D eigenvalue weighted by molar-refractivity contribution is 5.56. The SMILES string of the molecule is Cn1cc(CN)c(-c2ccc(F)o2)n1. The minimum absolute atomic E-state index is 0.353. The molecule has 0 aliphatic heterocycles. The summed E-state index contributed by atoms with van der Waals surface area (Å²) < 4.78 is 19.1. The molecule has 2 rings (SSSR count). The highest BCUT2D eigenvalue weighted by Crippen LogP contribution is 2.23. The van der Waals surface area contributed by atoms with Crippen LogP contribution in [0.1, 0.15) is 5.56 Å². The van der Waals surface area contributed by atoms with Crippen LogP contribution >= 0.6 is 0 Å². The number of halogens is 1. The lowest BCUT2D eigenvalue weighted by molar-refractivity contribution is 0.366. The number of furan rings is 1. The van der Waals surface area contributed by atoms with Crippen molar-refractivity contribution in [3.63, 3.8) is 0 Å². The van der Waals surface area contributed by atoms with Crippen LogP contribution in [-0.4, -0.2) is 9.78 Å². The molecule has 0 unspecified atom stereocenters. The fourth-order valence-electron chi connectivity index (χ4n) is 1.34. The molecular formula is C9H10FN3O. The minimum atomic E-state index is -0.617. The topological polar surface area (TPSA) is 57.0 Å². The zero-order valence-electron chi connectivity index (χ0n) is 7.70. The van der Waals surface area contributed by atoms with Crippen molar-refractivity contribution in [2.75, 3.05) is 0 Å². The van der Waals surface area contributed by atoms with E-state index in [1.54, 1.807) is 17.9 Å². The maximum absolute atomic E-state index is 12.6. The minimum Gasteiger partial charge on any atom is -0.429 e. The molecule has 0 aliphatic carbocycles. The second-order valence-corrected chi connectivity index (χ2v) is 2.98. The van der Waals surface area contributed by atoms with E-state index in [2.05, 4.69) is 5.10 Å². The van der Waals surface area contributed by atoms with E-state index in [4.69, 9.17) is 10.2 Å². The van der Waals surface area contributed by atoms with Crippen molar-refractivity contribution in [3.8, 4) is 11.5 Å². The van der Waals surface area contributed by atoms with Crippen LogP contribution in [0.25, 0.3) is 11.5 Å². The molecular weight excluding hydrogens is 185 g/mol. The number of aromatic nitrogens is 2. The van der Waals surface area contributed by atoms with Crippen molar-refractivity contribution in [2.45, 2.75) is 6.54 Å². The van der Waals surface area contributed by atoms with Gasteiger partial charge in [-0.25, -0.2) is 0 Å². The molecule has 2 aromatic rings. The molecule has 0 aromatic carbocycles. The normalized spacial score (nSPS) is 10.8. The van der Waals surface area contributed by atoms with Crippen LogP contribution < -0.4 is 5.73 Å². The maximum Gasteiger partial charge on any atom is 0.278 e.